The number of methoxy groups -OCH3 is 1. The zero-order chi connectivity index (χ0) is 17.6. The van der Waals surface area contributed by atoms with Crippen LogP contribution >= 0.6 is 11.3 Å². The molecular formula is C20H23NO3S. The van der Waals surface area contributed by atoms with E-state index in [2.05, 4.69) is 5.32 Å². The Balaban J connectivity index is 1.74. The Bertz CT molecular complexity index is 752. The standard InChI is InChI=1S/C20H23NO3S/c1-24-20(23)18-15-10-6-3-7-11-16(15)25-19(18)21-17(22)13-12-14-8-4-2-5-9-14/h2,4-5,8-9H,3,6-7,10-13H2,1H3,(H,21,22). The van der Waals surface area contributed by atoms with E-state index in [1.807, 2.05) is 30.3 Å². The maximum atomic E-state index is 12.4. The molecule has 3 rings (SSSR count). The maximum Gasteiger partial charge on any atom is 0.341 e. The smallest absolute Gasteiger partial charge is 0.341 e. The average Bonchev–Trinajstić information content (AvgIpc) is 2.81. The first-order chi connectivity index (χ1) is 12.2. The van der Waals surface area contributed by atoms with Crippen LogP contribution < -0.4 is 5.32 Å². The molecule has 0 unspecified atom stereocenters. The number of benzene rings is 1. The van der Waals surface area contributed by atoms with Crippen LogP contribution in [0, 0.1) is 0 Å². The molecule has 25 heavy (non-hydrogen) atoms. The second kappa shape index (κ2) is 8.30. The van der Waals surface area contributed by atoms with Gasteiger partial charge in [0.25, 0.3) is 0 Å². The van der Waals surface area contributed by atoms with Gasteiger partial charge in [0, 0.05) is 11.3 Å². The summed E-state index contributed by atoms with van der Waals surface area (Å²) in [6, 6.07) is 9.93. The van der Waals surface area contributed by atoms with Crippen molar-refractivity contribution >= 4 is 28.2 Å². The molecule has 0 saturated heterocycles. The van der Waals surface area contributed by atoms with Gasteiger partial charge in [-0.05, 0) is 43.2 Å². The summed E-state index contributed by atoms with van der Waals surface area (Å²) in [7, 11) is 1.39. The molecule has 0 saturated carbocycles. The van der Waals surface area contributed by atoms with E-state index in [-0.39, 0.29) is 11.9 Å². The number of aryl methyl sites for hydroxylation is 2. The van der Waals surface area contributed by atoms with Crippen LogP contribution in [0.3, 0.4) is 0 Å². The summed E-state index contributed by atoms with van der Waals surface area (Å²) in [5, 5.41) is 3.60. The van der Waals surface area contributed by atoms with Gasteiger partial charge >= 0.3 is 5.97 Å². The molecule has 0 spiro atoms. The Morgan fingerprint density at radius 1 is 1.12 bits per heavy atom. The molecule has 1 amide bonds. The van der Waals surface area contributed by atoms with E-state index < -0.39 is 0 Å². The van der Waals surface area contributed by atoms with E-state index in [0.717, 1.165) is 36.8 Å². The monoisotopic (exact) mass is 357 g/mol. The number of rotatable bonds is 5. The fourth-order valence-corrected chi connectivity index (χ4v) is 4.53. The second-order valence-corrected chi connectivity index (χ2v) is 7.40. The number of hydrogen-bond acceptors (Lipinski definition) is 4. The quantitative estimate of drug-likeness (QED) is 0.638. The van der Waals surface area contributed by atoms with Gasteiger partial charge in [0.2, 0.25) is 5.91 Å². The molecule has 132 valence electrons. The van der Waals surface area contributed by atoms with Crippen molar-refractivity contribution in [1.29, 1.82) is 0 Å². The lowest BCUT2D eigenvalue weighted by atomic mass is 10.1. The number of fused-ring (bicyclic) bond motifs is 1. The lowest BCUT2D eigenvalue weighted by Gasteiger charge is -2.07. The Hall–Kier alpha value is -2.14. The molecule has 2 aromatic rings. The molecule has 0 aliphatic heterocycles. The van der Waals surface area contributed by atoms with Crippen LogP contribution in [0.2, 0.25) is 0 Å². The van der Waals surface area contributed by atoms with Crippen molar-refractivity contribution in [2.45, 2.75) is 44.9 Å². The average molecular weight is 357 g/mol. The van der Waals surface area contributed by atoms with Gasteiger partial charge in [0.15, 0.2) is 0 Å². The van der Waals surface area contributed by atoms with Crippen molar-refractivity contribution in [2.75, 3.05) is 12.4 Å². The predicted octanol–water partition coefficient (Wildman–Crippen LogP) is 4.37. The number of amides is 1. The van der Waals surface area contributed by atoms with Crippen molar-refractivity contribution in [2.24, 2.45) is 0 Å². The predicted molar refractivity (Wildman–Crippen MR) is 100 cm³/mol. The summed E-state index contributed by atoms with van der Waals surface area (Å²) >= 11 is 1.54. The van der Waals surface area contributed by atoms with E-state index >= 15 is 0 Å². The highest BCUT2D eigenvalue weighted by Gasteiger charge is 2.26. The minimum Gasteiger partial charge on any atom is -0.465 e. The highest BCUT2D eigenvalue weighted by molar-refractivity contribution is 7.17. The Kier molecular flexibility index (Phi) is 5.87. The molecule has 1 aliphatic rings. The number of carbonyl (C=O) groups excluding carboxylic acids is 2. The van der Waals surface area contributed by atoms with Crippen molar-refractivity contribution in [3.8, 4) is 0 Å². The number of anilines is 1. The third-order valence-electron chi connectivity index (χ3n) is 4.55. The van der Waals surface area contributed by atoms with Gasteiger partial charge in [-0.15, -0.1) is 11.3 Å². The molecule has 1 N–H and O–H groups in total. The minimum absolute atomic E-state index is 0.0644. The highest BCUT2D eigenvalue weighted by atomic mass is 32.1. The molecule has 0 bridgehead atoms. The van der Waals surface area contributed by atoms with Gasteiger partial charge in [-0.1, -0.05) is 36.8 Å². The number of nitrogens with one attached hydrogen (secondary N) is 1. The van der Waals surface area contributed by atoms with Crippen molar-refractivity contribution in [3.05, 3.63) is 51.9 Å². The summed E-state index contributed by atoms with van der Waals surface area (Å²) in [4.78, 5) is 25.9. The molecule has 0 radical (unpaired) electrons. The molecule has 5 heteroatoms. The van der Waals surface area contributed by atoms with E-state index in [1.54, 1.807) is 0 Å². The van der Waals surface area contributed by atoms with E-state index in [4.69, 9.17) is 4.74 Å². The largest absolute Gasteiger partial charge is 0.465 e. The summed E-state index contributed by atoms with van der Waals surface area (Å²) in [6.45, 7) is 0. The Labute approximate surface area is 152 Å². The molecule has 1 aromatic carbocycles. The van der Waals surface area contributed by atoms with Gasteiger partial charge in [0.05, 0.1) is 12.7 Å². The van der Waals surface area contributed by atoms with Gasteiger partial charge in [0.1, 0.15) is 5.00 Å². The molecule has 1 aromatic heterocycles. The van der Waals surface area contributed by atoms with Gasteiger partial charge < -0.3 is 10.1 Å². The van der Waals surface area contributed by atoms with Crippen LogP contribution in [0.1, 0.15) is 52.0 Å². The second-order valence-electron chi connectivity index (χ2n) is 6.29. The summed E-state index contributed by atoms with van der Waals surface area (Å²) < 4.78 is 4.97. The summed E-state index contributed by atoms with van der Waals surface area (Å²) in [6.07, 6.45) is 6.34. The highest BCUT2D eigenvalue weighted by Crippen LogP contribution is 2.38. The van der Waals surface area contributed by atoms with Gasteiger partial charge in [-0.2, -0.15) is 0 Å². The van der Waals surface area contributed by atoms with Crippen molar-refractivity contribution in [3.63, 3.8) is 0 Å². The van der Waals surface area contributed by atoms with Gasteiger partial charge in [-0.3, -0.25) is 4.79 Å². The normalized spacial score (nSPS) is 13.6. The molecule has 1 aliphatic carbocycles. The van der Waals surface area contributed by atoms with Crippen LogP contribution in [0.4, 0.5) is 5.00 Å². The van der Waals surface area contributed by atoms with Crippen LogP contribution in [-0.2, 0) is 28.8 Å². The van der Waals surface area contributed by atoms with Crippen LogP contribution in [-0.4, -0.2) is 19.0 Å². The minimum atomic E-state index is -0.349. The van der Waals surface area contributed by atoms with E-state index in [0.29, 0.717) is 23.4 Å². The Morgan fingerprint density at radius 2 is 1.88 bits per heavy atom. The van der Waals surface area contributed by atoms with Crippen LogP contribution in [0.25, 0.3) is 0 Å². The summed E-state index contributed by atoms with van der Waals surface area (Å²) in [5.74, 6) is -0.414. The topological polar surface area (TPSA) is 55.4 Å². The molecule has 0 atom stereocenters. The third-order valence-corrected chi connectivity index (χ3v) is 5.75. The number of hydrogen-bond donors (Lipinski definition) is 1. The lowest BCUT2D eigenvalue weighted by Crippen LogP contribution is -2.15. The van der Waals surface area contributed by atoms with Crippen molar-refractivity contribution in [1.82, 2.24) is 0 Å². The fourth-order valence-electron chi connectivity index (χ4n) is 3.24. The fraction of sp³-hybridized carbons (Fsp3) is 0.400. The molecular weight excluding hydrogens is 334 g/mol. The first kappa shape index (κ1) is 17.7. The van der Waals surface area contributed by atoms with Crippen LogP contribution in [0.15, 0.2) is 30.3 Å². The molecule has 0 fully saturated rings. The van der Waals surface area contributed by atoms with Crippen molar-refractivity contribution < 1.29 is 14.3 Å². The number of carbonyl (C=O) groups is 2. The SMILES string of the molecule is COC(=O)c1c(NC(=O)CCc2ccccc2)sc2c1CCCCC2. The van der Waals surface area contributed by atoms with E-state index in [1.165, 1.54) is 29.7 Å². The zero-order valence-electron chi connectivity index (χ0n) is 14.5. The number of esters is 1. The molecule has 1 heterocycles. The number of thiophene rings is 1. The first-order valence-corrected chi connectivity index (χ1v) is 9.57. The Morgan fingerprint density at radius 3 is 2.64 bits per heavy atom. The third kappa shape index (κ3) is 4.28. The first-order valence-electron chi connectivity index (χ1n) is 8.75. The zero-order valence-corrected chi connectivity index (χ0v) is 15.3. The number of ether oxygens (including phenoxy) is 1. The van der Waals surface area contributed by atoms with Crippen LogP contribution in [0.5, 0.6) is 0 Å². The van der Waals surface area contributed by atoms with Gasteiger partial charge in [-0.25, -0.2) is 4.79 Å². The van der Waals surface area contributed by atoms with E-state index in [9.17, 15) is 9.59 Å². The lowest BCUT2D eigenvalue weighted by molar-refractivity contribution is -0.116. The summed E-state index contributed by atoms with van der Waals surface area (Å²) in [5.41, 5.74) is 2.78. The molecule has 4 nitrogen and oxygen atoms in total. The maximum absolute atomic E-state index is 12.4.